The first-order chi connectivity index (χ1) is 8.62. The lowest BCUT2D eigenvalue weighted by Gasteiger charge is -2.36. The van der Waals surface area contributed by atoms with Gasteiger partial charge in [0.15, 0.2) is 5.96 Å². The Labute approximate surface area is 113 Å². The standard InChI is InChI=1S/C14H20ClN3/c15-12-6-4-11(5-7-12)14(10-18-13(16)17)8-2-1-3-9-14/h4-7H,1-3,8-10H2,(H4,16,17,18). The normalized spacial score (nSPS) is 18.3. The highest BCUT2D eigenvalue weighted by Crippen LogP contribution is 2.40. The van der Waals surface area contributed by atoms with Crippen molar-refractivity contribution in [2.24, 2.45) is 16.5 Å². The van der Waals surface area contributed by atoms with Crippen LogP contribution in [-0.2, 0) is 5.41 Å². The van der Waals surface area contributed by atoms with Crippen molar-refractivity contribution >= 4 is 17.6 Å². The van der Waals surface area contributed by atoms with E-state index in [9.17, 15) is 0 Å². The van der Waals surface area contributed by atoms with Gasteiger partial charge in [0.2, 0.25) is 0 Å². The maximum Gasteiger partial charge on any atom is 0.185 e. The molecule has 98 valence electrons. The van der Waals surface area contributed by atoms with Gasteiger partial charge in [0.25, 0.3) is 0 Å². The Morgan fingerprint density at radius 2 is 1.72 bits per heavy atom. The number of guanidine groups is 1. The zero-order chi connectivity index (χ0) is 13.0. The number of nitrogens with two attached hydrogens (primary N) is 2. The van der Waals surface area contributed by atoms with Crippen LogP contribution in [0.3, 0.4) is 0 Å². The Balaban J connectivity index is 2.28. The SMILES string of the molecule is NC(N)=NCC1(c2ccc(Cl)cc2)CCCCC1. The fourth-order valence-corrected chi connectivity index (χ4v) is 2.94. The van der Waals surface area contributed by atoms with E-state index in [-0.39, 0.29) is 11.4 Å². The van der Waals surface area contributed by atoms with E-state index in [1.165, 1.54) is 24.8 Å². The zero-order valence-electron chi connectivity index (χ0n) is 10.5. The molecule has 1 aromatic carbocycles. The van der Waals surface area contributed by atoms with Gasteiger partial charge in [0.1, 0.15) is 0 Å². The van der Waals surface area contributed by atoms with Gasteiger partial charge in [-0.3, -0.25) is 4.99 Å². The van der Waals surface area contributed by atoms with E-state index >= 15 is 0 Å². The van der Waals surface area contributed by atoms with Crippen LogP contribution in [0.5, 0.6) is 0 Å². The van der Waals surface area contributed by atoms with E-state index in [0.717, 1.165) is 17.9 Å². The van der Waals surface area contributed by atoms with E-state index in [0.29, 0.717) is 6.54 Å². The first-order valence-corrected chi connectivity index (χ1v) is 6.82. The second kappa shape index (κ2) is 5.61. The highest BCUT2D eigenvalue weighted by molar-refractivity contribution is 6.30. The third-order valence-corrected chi connectivity index (χ3v) is 4.08. The minimum absolute atomic E-state index is 0.0901. The Bertz CT molecular complexity index is 415. The average molecular weight is 266 g/mol. The highest BCUT2D eigenvalue weighted by Gasteiger charge is 2.33. The molecule has 2 rings (SSSR count). The molecule has 18 heavy (non-hydrogen) atoms. The van der Waals surface area contributed by atoms with E-state index in [1.807, 2.05) is 12.1 Å². The van der Waals surface area contributed by atoms with Crippen LogP contribution in [0, 0.1) is 0 Å². The van der Waals surface area contributed by atoms with Gasteiger partial charge in [0, 0.05) is 10.4 Å². The van der Waals surface area contributed by atoms with Crippen LogP contribution in [-0.4, -0.2) is 12.5 Å². The number of rotatable bonds is 3. The zero-order valence-corrected chi connectivity index (χ0v) is 11.3. The minimum Gasteiger partial charge on any atom is -0.370 e. The third-order valence-electron chi connectivity index (χ3n) is 3.83. The molecule has 1 aliphatic rings. The summed E-state index contributed by atoms with van der Waals surface area (Å²) < 4.78 is 0. The lowest BCUT2D eigenvalue weighted by Crippen LogP contribution is -2.34. The third kappa shape index (κ3) is 2.96. The molecular formula is C14H20ClN3. The van der Waals surface area contributed by atoms with Crippen LogP contribution in [0.2, 0.25) is 5.02 Å². The van der Waals surface area contributed by atoms with Crippen molar-refractivity contribution in [2.75, 3.05) is 6.54 Å². The maximum atomic E-state index is 5.96. The van der Waals surface area contributed by atoms with Crippen molar-refractivity contribution < 1.29 is 0 Å². The molecule has 0 bridgehead atoms. The largest absolute Gasteiger partial charge is 0.370 e. The quantitative estimate of drug-likeness (QED) is 0.652. The number of halogens is 1. The number of aliphatic imine (C=N–C) groups is 1. The molecule has 4 N–H and O–H groups in total. The first-order valence-electron chi connectivity index (χ1n) is 6.44. The summed E-state index contributed by atoms with van der Waals surface area (Å²) in [6, 6.07) is 8.11. The Kier molecular flexibility index (Phi) is 4.12. The molecule has 0 aromatic heterocycles. The number of hydrogen-bond donors (Lipinski definition) is 2. The lowest BCUT2D eigenvalue weighted by atomic mass is 9.69. The van der Waals surface area contributed by atoms with Crippen molar-refractivity contribution in [3.8, 4) is 0 Å². The molecular weight excluding hydrogens is 246 g/mol. The summed E-state index contributed by atoms with van der Waals surface area (Å²) in [5, 5.41) is 0.770. The van der Waals surface area contributed by atoms with Gasteiger partial charge in [-0.1, -0.05) is 43.0 Å². The van der Waals surface area contributed by atoms with Crippen LogP contribution in [0.1, 0.15) is 37.7 Å². The molecule has 1 aliphatic carbocycles. The van der Waals surface area contributed by atoms with E-state index < -0.39 is 0 Å². The molecule has 0 spiro atoms. The lowest BCUT2D eigenvalue weighted by molar-refractivity contribution is 0.301. The van der Waals surface area contributed by atoms with Crippen molar-refractivity contribution in [2.45, 2.75) is 37.5 Å². The first kappa shape index (κ1) is 13.2. The summed E-state index contributed by atoms with van der Waals surface area (Å²) in [5.41, 5.74) is 12.3. The van der Waals surface area contributed by atoms with Crippen molar-refractivity contribution in [3.05, 3.63) is 34.9 Å². The number of nitrogens with zero attached hydrogens (tertiary/aromatic N) is 1. The van der Waals surface area contributed by atoms with Gasteiger partial charge in [-0.2, -0.15) is 0 Å². The summed E-state index contributed by atoms with van der Waals surface area (Å²) in [4.78, 5) is 4.26. The molecule has 0 radical (unpaired) electrons. The van der Waals surface area contributed by atoms with Crippen molar-refractivity contribution in [3.63, 3.8) is 0 Å². The second-order valence-electron chi connectivity index (χ2n) is 5.09. The second-order valence-corrected chi connectivity index (χ2v) is 5.53. The maximum absolute atomic E-state index is 5.96. The fraction of sp³-hybridized carbons (Fsp3) is 0.500. The van der Waals surface area contributed by atoms with E-state index in [1.54, 1.807) is 0 Å². The molecule has 0 amide bonds. The van der Waals surface area contributed by atoms with Crippen LogP contribution in [0.15, 0.2) is 29.3 Å². The van der Waals surface area contributed by atoms with Crippen LogP contribution in [0.4, 0.5) is 0 Å². The molecule has 0 heterocycles. The van der Waals surface area contributed by atoms with Gasteiger partial charge in [0.05, 0.1) is 6.54 Å². The summed E-state index contributed by atoms with van der Waals surface area (Å²) >= 11 is 5.96. The fourth-order valence-electron chi connectivity index (χ4n) is 2.81. The summed E-state index contributed by atoms with van der Waals surface area (Å²) in [7, 11) is 0. The Morgan fingerprint density at radius 1 is 1.11 bits per heavy atom. The van der Waals surface area contributed by atoms with Gasteiger partial charge < -0.3 is 11.5 Å². The van der Waals surface area contributed by atoms with E-state index in [4.69, 9.17) is 23.1 Å². The molecule has 0 aliphatic heterocycles. The monoisotopic (exact) mass is 265 g/mol. The molecule has 0 atom stereocenters. The van der Waals surface area contributed by atoms with Crippen molar-refractivity contribution in [1.82, 2.24) is 0 Å². The summed E-state index contributed by atoms with van der Waals surface area (Å²) in [6.45, 7) is 0.678. The van der Waals surface area contributed by atoms with Gasteiger partial charge in [-0.05, 0) is 30.5 Å². The van der Waals surface area contributed by atoms with Crippen molar-refractivity contribution in [1.29, 1.82) is 0 Å². The minimum atomic E-state index is 0.0901. The van der Waals surface area contributed by atoms with Crippen LogP contribution >= 0.6 is 11.6 Å². The predicted octanol–water partition coefficient (Wildman–Crippen LogP) is 2.82. The molecule has 3 nitrogen and oxygen atoms in total. The number of benzene rings is 1. The average Bonchev–Trinajstić information content (AvgIpc) is 2.38. The molecule has 0 saturated heterocycles. The molecule has 1 fully saturated rings. The van der Waals surface area contributed by atoms with Crippen LogP contribution < -0.4 is 11.5 Å². The summed E-state index contributed by atoms with van der Waals surface area (Å²) in [6.07, 6.45) is 6.07. The Hall–Kier alpha value is -1.22. The molecule has 0 unspecified atom stereocenters. The molecule has 1 aromatic rings. The highest BCUT2D eigenvalue weighted by atomic mass is 35.5. The predicted molar refractivity (Wildman–Crippen MR) is 76.9 cm³/mol. The van der Waals surface area contributed by atoms with Gasteiger partial charge >= 0.3 is 0 Å². The summed E-state index contributed by atoms with van der Waals surface area (Å²) in [5.74, 6) is 0.175. The Morgan fingerprint density at radius 3 is 2.28 bits per heavy atom. The van der Waals surface area contributed by atoms with Gasteiger partial charge in [-0.25, -0.2) is 0 Å². The molecule has 4 heteroatoms. The topological polar surface area (TPSA) is 64.4 Å². The number of hydrogen-bond acceptors (Lipinski definition) is 1. The van der Waals surface area contributed by atoms with Crippen LogP contribution in [0.25, 0.3) is 0 Å². The van der Waals surface area contributed by atoms with E-state index in [2.05, 4.69) is 17.1 Å². The smallest absolute Gasteiger partial charge is 0.185 e. The van der Waals surface area contributed by atoms with Gasteiger partial charge in [-0.15, -0.1) is 0 Å². The molecule has 1 saturated carbocycles.